The largest absolute Gasteiger partial charge is 0.440 e. The summed E-state index contributed by atoms with van der Waals surface area (Å²) in [5.41, 5.74) is 0. The summed E-state index contributed by atoms with van der Waals surface area (Å²) < 4.78 is 245. The second-order valence-corrected chi connectivity index (χ2v) is 15.2. The maximum Gasteiger partial charge on any atom is 0.440 e. The predicted octanol–water partition coefficient (Wildman–Crippen LogP) is 3.22. The molecule has 0 aromatic heterocycles. The van der Waals surface area contributed by atoms with Crippen LogP contribution in [-0.4, -0.2) is 66.0 Å². The first-order chi connectivity index (χ1) is 18.1. The molecule has 2 rings (SSSR count). The molecule has 2 aromatic rings. The molecule has 0 heterocycles. The van der Waals surface area contributed by atoms with E-state index >= 15 is 0 Å². The molecule has 0 saturated carbocycles. The molecule has 0 unspecified atom stereocenters. The van der Waals surface area contributed by atoms with Gasteiger partial charge in [-0.25, -0.2) is 38.8 Å². The van der Waals surface area contributed by atoms with Crippen LogP contribution in [0.3, 0.4) is 0 Å². The van der Waals surface area contributed by atoms with Crippen LogP contribution in [0.25, 0.3) is 0 Å². The normalized spacial score (nSPS) is 14.7. The predicted molar refractivity (Wildman–Crippen MR) is 112 cm³/mol. The van der Waals surface area contributed by atoms with E-state index in [9.17, 15) is 77.6 Å². The Kier molecular flexibility index (Phi) is 8.73. The maximum absolute atomic E-state index is 14.3. The Balaban J connectivity index is 2.54. The van der Waals surface area contributed by atoms with Crippen molar-refractivity contribution in [3.05, 3.63) is 54.1 Å². The van der Waals surface area contributed by atoms with E-state index in [0.29, 0.717) is 6.07 Å². The second-order valence-electron chi connectivity index (χ2n) is 7.52. The van der Waals surface area contributed by atoms with Crippen molar-refractivity contribution in [2.75, 3.05) is 5.08 Å². The van der Waals surface area contributed by atoms with Crippen molar-refractivity contribution in [1.29, 1.82) is 0 Å². The third kappa shape index (κ3) is 6.16. The fraction of sp³-hybridized carbons (Fsp3) is 0.294. The fourth-order valence-electron chi connectivity index (χ4n) is 2.71. The molecule has 0 radical (unpaired) electrons. The Morgan fingerprint density at radius 1 is 0.659 bits per heavy atom. The zero-order valence-electron chi connectivity index (χ0n) is 18.8. The van der Waals surface area contributed by atoms with Crippen LogP contribution >= 0.6 is 0 Å². The fourth-order valence-corrected chi connectivity index (χ4v) is 8.97. The second kappa shape index (κ2) is 10.3. The average Bonchev–Trinajstić information content (AvgIpc) is 2.76. The van der Waals surface area contributed by atoms with Gasteiger partial charge in [0.2, 0.25) is 9.84 Å². The van der Waals surface area contributed by atoms with Gasteiger partial charge in [0, 0.05) is 6.07 Å². The zero-order valence-corrected chi connectivity index (χ0v) is 22.0. The molecule has 232 valence electrons. The monoisotopic (exact) mass is 692 g/mol. The number of ether oxygens (including phenoxy) is 1. The summed E-state index contributed by atoms with van der Waals surface area (Å²) in [7, 11) is -26.2. The van der Waals surface area contributed by atoms with Gasteiger partial charge in [-0.1, -0.05) is 12.1 Å². The highest BCUT2D eigenvalue weighted by Gasteiger charge is 2.77. The number of hydrogen-bond acceptors (Lipinski definition) is 9. The summed E-state index contributed by atoms with van der Waals surface area (Å²) in [5.74, 6) is -4.12. The molecule has 10 nitrogen and oxygen atoms in total. The van der Waals surface area contributed by atoms with E-state index in [4.69, 9.17) is 4.55 Å². The Bertz CT molecular complexity index is 1790. The molecule has 0 atom stereocenters. The van der Waals surface area contributed by atoms with Crippen molar-refractivity contribution in [3.63, 3.8) is 0 Å². The lowest BCUT2D eigenvalue weighted by atomic mass is 10.3. The summed E-state index contributed by atoms with van der Waals surface area (Å²) >= 11 is 0. The van der Waals surface area contributed by atoms with Crippen molar-refractivity contribution in [3.8, 4) is 0 Å². The summed E-state index contributed by atoms with van der Waals surface area (Å²) in [6.07, 6.45) is -14.7. The Morgan fingerprint density at radius 2 is 1.12 bits per heavy atom. The quantitative estimate of drug-likeness (QED) is 0.210. The number of sulfone groups is 3. The molecule has 0 spiro atoms. The minimum atomic E-state index is -7.40. The van der Waals surface area contributed by atoms with Gasteiger partial charge >= 0.3 is 22.7 Å². The molecule has 0 aliphatic rings. The van der Waals surface area contributed by atoms with E-state index in [1.165, 1.54) is 0 Å². The van der Waals surface area contributed by atoms with Gasteiger partial charge in [0.25, 0.3) is 20.0 Å². The lowest BCUT2D eigenvalue weighted by Crippen LogP contribution is -2.58. The number of alkyl halides is 8. The SMILES string of the molecule is O=S(=O)(O)c1ccccc1S(=O)(=O)CS(=O)(=O)C(F)(F)C(F)(F)OC(F)(F)C(F)(F)S(=O)(=O)c1ccc(F)cc1F. The third-order valence-electron chi connectivity index (χ3n) is 4.62. The lowest BCUT2D eigenvalue weighted by Gasteiger charge is -2.32. The molecule has 0 aliphatic heterocycles. The number of halogens is 10. The first-order valence-corrected chi connectivity index (χ1v) is 15.7. The molecular formula is C17H10F10O10S4. The molecule has 0 aliphatic carbocycles. The minimum absolute atomic E-state index is 0.0685. The van der Waals surface area contributed by atoms with E-state index in [1.807, 2.05) is 4.74 Å². The molecule has 0 fully saturated rings. The van der Waals surface area contributed by atoms with Crippen molar-refractivity contribution >= 4 is 39.6 Å². The number of hydrogen-bond donors (Lipinski definition) is 1. The topological polar surface area (TPSA) is 166 Å². The molecular weight excluding hydrogens is 682 g/mol. The van der Waals surface area contributed by atoms with Crippen LogP contribution in [0.2, 0.25) is 0 Å². The van der Waals surface area contributed by atoms with E-state index in [-0.39, 0.29) is 24.3 Å². The smallest absolute Gasteiger partial charge is 0.282 e. The van der Waals surface area contributed by atoms with Gasteiger partial charge in [0.05, 0.1) is 4.90 Å². The summed E-state index contributed by atoms with van der Waals surface area (Å²) in [6, 6.07) is 0.959. The molecule has 0 saturated heterocycles. The van der Waals surface area contributed by atoms with Crippen LogP contribution in [0.1, 0.15) is 0 Å². The van der Waals surface area contributed by atoms with E-state index in [1.54, 1.807) is 0 Å². The van der Waals surface area contributed by atoms with Crippen LogP contribution in [-0.2, 0) is 44.4 Å². The molecule has 1 N–H and O–H groups in total. The van der Waals surface area contributed by atoms with Gasteiger partial charge in [0.15, 0.2) is 14.9 Å². The zero-order chi connectivity index (χ0) is 32.3. The lowest BCUT2D eigenvalue weighted by molar-refractivity contribution is -0.442. The van der Waals surface area contributed by atoms with Crippen LogP contribution in [0.5, 0.6) is 0 Å². The standard InChI is InChI=1S/C17H10F10O10S4/c18-9-5-6-11(10(19)7-9)40(32,33)17(26,27)15(22,23)37-14(20,21)16(24,25)39(30,31)8-38(28,29)12-3-1-2-4-13(12)41(34,35)36/h1-7H,8H2,(H,34,35,36). The molecule has 2 aromatic carbocycles. The summed E-state index contributed by atoms with van der Waals surface area (Å²) in [4.78, 5) is -5.88. The highest BCUT2D eigenvalue weighted by atomic mass is 32.3. The van der Waals surface area contributed by atoms with Gasteiger partial charge < -0.3 is 0 Å². The molecule has 24 heteroatoms. The van der Waals surface area contributed by atoms with Crippen LogP contribution in [0, 0.1) is 11.6 Å². The Hall–Kier alpha value is -2.54. The van der Waals surface area contributed by atoms with Crippen LogP contribution < -0.4 is 0 Å². The van der Waals surface area contributed by atoms with E-state index in [0.717, 1.165) is 6.07 Å². The Labute approximate surface area is 223 Å². The third-order valence-corrected chi connectivity index (χ3v) is 12.0. The van der Waals surface area contributed by atoms with Gasteiger partial charge in [-0.05, 0) is 24.3 Å². The average molecular weight is 693 g/mol. The first kappa shape index (κ1) is 34.7. The molecule has 0 bridgehead atoms. The summed E-state index contributed by atoms with van der Waals surface area (Å²) in [6.45, 7) is 0. The van der Waals surface area contributed by atoms with Crippen molar-refractivity contribution < 1.29 is 86.9 Å². The van der Waals surface area contributed by atoms with Gasteiger partial charge in [-0.15, -0.1) is 0 Å². The van der Waals surface area contributed by atoms with Crippen molar-refractivity contribution in [2.45, 2.75) is 37.4 Å². The van der Waals surface area contributed by atoms with Crippen molar-refractivity contribution in [2.24, 2.45) is 0 Å². The summed E-state index contributed by atoms with van der Waals surface area (Å²) in [5, 5.41) is -17.5. The number of benzene rings is 2. The maximum atomic E-state index is 14.3. The van der Waals surface area contributed by atoms with Gasteiger partial charge in [0.1, 0.15) is 21.4 Å². The first-order valence-electron chi connectivity index (χ1n) is 9.48. The van der Waals surface area contributed by atoms with Gasteiger partial charge in [-0.2, -0.15) is 43.5 Å². The highest BCUT2D eigenvalue weighted by Crippen LogP contribution is 2.50. The van der Waals surface area contributed by atoms with Gasteiger partial charge in [-0.3, -0.25) is 4.55 Å². The Morgan fingerprint density at radius 3 is 1.59 bits per heavy atom. The van der Waals surface area contributed by atoms with Crippen LogP contribution in [0.15, 0.2) is 57.2 Å². The van der Waals surface area contributed by atoms with E-state index < -0.39 is 99.8 Å². The van der Waals surface area contributed by atoms with E-state index in [2.05, 4.69) is 0 Å². The van der Waals surface area contributed by atoms with Crippen LogP contribution in [0.4, 0.5) is 43.9 Å². The minimum Gasteiger partial charge on any atom is -0.282 e. The molecule has 41 heavy (non-hydrogen) atoms. The van der Waals surface area contributed by atoms with Crippen molar-refractivity contribution in [1.82, 2.24) is 0 Å². The molecule has 0 amide bonds. The number of rotatable bonds is 11. The highest BCUT2D eigenvalue weighted by molar-refractivity contribution is 8.08.